The molecule has 0 spiro atoms. The lowest BCUT2D eigenvalue weighted by molar-refractivity contribution is -0.143. The number of halogens is 1. The number of carbonyl (C=O) groups excluding carboxylic acids is 1. The van der Waals surface area contributed by atoms with E-state index in [1.54, 1.807) is 30.3 Å². The average molecular weight is 283 g/mol. The second kappa shape index (κ2) is 5.87. The number of carboxylic acids is 1. The Hall–Kier alpha value is -2.15. The molecule has 1 fully saturated rings. The molecule has 1 aliphatic heterocycles. The number of aliphatic hydroxyl groups is 1. The van der Waals surface area contributed by atoms with Crippen molar-refractivity contribution in [2.75, 3.05) is 6.54 Å². The van der Waals surface area contributed by atoms with Crippen LogP contribution in [-0.2, 0) is 16.1 Å². The molecule has 1 aromatic carbocycles. The highest BCUT2D eigenvalue weighted by Crippen LogP contribution is 2.23. The predicted molar refractivity (Wildman–Crippen MR) is 65.7 cm³/mol. The summed E-state index contributed by atoms with van der Waals surface area (Å²) < 4.78 is 18.5. The minimum absolute atomic E-state index is 0.0461. The third kappa shape index (κ3) is 2.88. The van der Waals surface area contributed by atoms with Crippen LogP contribution in [0.2, 0.25) is 0 Å². The topological polar surface area (TPSA) is 87.1 Å². The lowest BCUT2D eigenvalue weighted by Gasteiger charge is -2.20. The molecule has 1 amide bonds. The number of hydrogen-bond acceptors (Lipinski definition) is 4. The van der Waals surface area contributed by atoms with Crippen LogP contribution in [0.15, 0.2) is 30.3 Å². The summed E-state index contributed by atoms with van der Waals surface area (Å²) in [6, 6.07) is 7.09. The normalized spacial score (nSPS) is 25.5. The van der Waals surface area contributed by atoms with E-state index in [0.717, 1.165) is 5.56 Å². The zero-order valence-electron chi connectivity index (χ0n) is 10.5. The lowest BCUT2D eigenvalue weighted by atomic mass is 10.2. The van der Waals surface area contributed by atoms with E-state index in [1.165, 1.54) is 0 Å². The second-order valence-electron chi connectivity index (χ2n) is 4.49. The number of aliphatic hydroxyl groups excluding tert-OH is 1. The van der Waals surface area contributed by atoms with E-state index in [2.05, 4.69) is 0 Å². The molecule has 1 heterocycles. The van der Waals surface area contributed by atoms with Crippen LogP contribution >= 0.6 is 0 Å². The summed E-state index contributed by atoms with van der Waals surface area (Å²) in [6.07, 6.45) is -4.49. The molecule has 6 nitrogen and oxygen atoms in total. The van der Waals surface area contributed by atoms with Gasteiger partial charge in [-0.05, 0) is 5.56 Å². The fourth-order valence-electron chi connectivity index (χ4n) is 2.06. The summed E-state index contributed by atoms with van der Waals surface area (Å²) in [5.74, 6) is -1.51. The van der Waals surface area contributed by atoms with Gasteiger partial charge in [-0.1, -0.05) is 30.3 Å². The zero-order valence-corrected chi connectivity index (χ0v) is 10.5. The van der Waals surface area contributed by atoms with Crippen molar-refractivity contribution in [2.24, 2.45) is 0 Å². The first-order valence-electron chi connectivity index (χ1n) is 6.03. The average Bonchev–Trinajstić information content (AvgIpc) is 2.73. The molecular formula is C13H14FNO5. The van der Waals surface area contributed by atoms with Crippen LogP contribution in [0.5, 0.6) is 0 Å². The number of carbonyl (C=O) groups is 2. The van der Waals surface area contributed by atoms with E-state index in [1.807, 2.05) is 0 Å². The largest absolute Gasteiger partial charge is 0.480 e. The highest BCUT2D eigenvalue weighted by atomic mass is 19.1. The number of aliphatic carboxylic acids is 1. The molecule has 108 valence electrons. The fourth-order valence-corrected chi connectivity index (χ4v) is 2.06. The van der Waals surface area contributed by atoms with Gasteiger partial charge in [-0.3, -0.25) is 4.90 Å². The van der Waals surface area contributed by atoms with Crippen LogP contribution in [0, 0.1) is 0 Å². The highest BCUT2D eigenvalue weighted by molar-refractivity contribution is 5.81. The molecular weight excluding hydrogens is 269 g/mol. The van der Waals surface area contributed by atoms with Gasteiger partial charge >= 0.3 is 12.1 Å². The van der Waals surface area contributed by atoms with Crippen LogP contribution in [0.1, 0.15) is 5.56 Å². The van der Waals surface area contributed by atoms with E-state index in [-0.39, 0.29) is 6.61 Å². The van der Waals surface area contributed by atoms with Crippen LogP contribution in [-0.4, -0.2) is 52.0 Å². The van der Waals surface area contributed by atoms with Gasteiger partial charge in [0.05, 0.1) is 6.54 Å². The number of nitrogens with zero attached hydrogens (tertiary/aromatic N) is 1. The first kappa shape index (κ1) is 14.3. The predicted octanol–water partition coefficient (Wildman–Crippen LogP) is 0.791. The Kier molecular flexibility index (Phi) is 4.19. The van der Waals surface area contributed by atoms with Crippen LogP contribution < -0.4 is 0 Å². The van der Waals surface area contributed by atoms with E-state index in [4.69, 9.17) is 9.84 Å². The monoisotopic (exact) mass is 283 g/mol. The fraction of sp³-hybridized carbons (Fsp3) is 0.385. The van der Waals surface area contributed by atoms with E-state index in [9.17, 15) is 19.1 Å². The van der Waals surface area contributed by atoms with Crippen LogP contribution in [0.3, 0.4) is 0 Å². The first-order chi connectivity index (χ1) is 9.50. The smallest absolute Gasteiger partial charge is 0.411 e. The highest BCUT2D eigenvalue weighted by Gasteiger charge is 2.48. The van der Waals surface area contributed by atoms with Crippen molar-refractivity contribution in [3.8, 4) is 0 Å². The summed E-state index contributed by atoms with van der Waals surface area (Å²) in [7, 11) is 0. The quantitative estimate of drug-likeness (QED) is 0.856. The number of carboxylic acid groups (broad SMARTS) is 1. The Balaban J connectivity index is 1.99. The van der Waals surface area contributed by atoms with Gasteiger partial charge in [0.2, 0.25) is 0 Å². The van der Waals surface area contributed by atoms with Crippen molar-refractivity contribution in [2.45, 2.75) is 24.9 Å². The summed E-state index contributed by atoms with van der Waals surface area (Å²) >= 11 is 0. The SMILES string of the molecule is O=C(O)[C@@H]1[C@H](F)[C@H](O)CN1C(=O)OCc1ccccc1. The standard InChI is InChI=1S/C13H14FNO5/c14-10-9(16)6-15(11(10)12(17)18)13(19)20-7-8-4-2-1-3-5-8/h1-5,9-11,16H,6-7H2,(H,17,18)/t9-,10-,11+/m1/s1. The summed E-state index contributed by atoms with van der Waals surface area (Å²) in [4.78, 5) is 23.4. The molecule has 0 saturated carbocycles. The van der Waals surface area contributed by atoms with Gasteiger partial charge in [0, 0.05) is 0 Å². The Morgan fingerprint density at radius 2 is 2.00 bits per heavy atom. The maximum atomic E-state index is 13.5. The summed E-state index contributed by atoms with van der Waals surface area (Å²) in [5, 5.41) is 18.2. The lowest BCUT2D eigenvalue weighted by Crippen LogP contribution is -2.44. The minimum atomic E-state index is -2.02. The number of β-amino-alcohol motifs (C(OH)–C–C–N with tert-alkyl or cyclic N) is 1. The van der Waals surface area contributed by atoms with Gasteiger partial charge < -0.3 is 14.9 Å². The summed E-state index contributed by atoms with van der Waals surface area (Å²) in [5.41, 5.74) is 0.726. The maximum absolute atomic E-state index is 13.5. The summed E-state index contributed by atoms with van der Waals surface area (Å²) in [6.45, 7) is -0.443. The molecule has 2 rings (SSSR count). The van der Waals surface area contributed by atoms with Gasteiger partial charge in [0.15, 0.2) is 12.2 Å². The Bertz CT molecular complexity index is 495. The third-order valence-corrected chi connectivity index (χ3v) is 3.08. The van der Waals surface area contributed by atoms with Crippen molar-refractivity contribution in [1.82, 2.24) is 4.90 Å². The maximum Gasteiger partial charge on any atom is 0.411 e. The van der Waals surface area contributed by atoms with Crippen molar-refractivity contribution in [3.05, 3.63) is 35.9 Å². The van der Waals surface area contributed by atoms with E-state index in [0.29, 0.717) is 4.90 Å². The molecule has 0 aliphatic carbocycles. The molecule has 0 unspecified atom stereocenters. The molecule has 0 aromatic heterocycles. The number of amides is 1. The molecule has 1 aromatic rings. The molecule has 0 radical (unpaired) electrons. The molecule has 0 bridgehead atoms. The second-order valence-corrected chi connectivity index (χ2v) is 4.49. The van der Waals surface area contributed by atoms with Crippen LogP contribution in [0.25, 0.3) is 0 Å². The molecule has 2 N–H and O–H groups in total. The number of rotatable bonds is 3. The minimum Gasteiger partial charge on any atom is -0.480 e. The zero-order chi connectivity index (χ0) is 14.7. The molecule has 3 atom stereocenters. The molecule has 1 saturated heterocycles. The molecule has 1 aliphatic rings. The van der Waals surface area contributed by atoms with E-state index >= 15 is 0 Å². The third-order valence-electron chi connectivity index (χ3n) is 3.08. The Morgan fingerprint density at radius 1 is 1.35 bits per heavy atom. The molecule has 20 heavy (non-hydrogen) atoms. The van der Waals surface area contributed by atoms with Crippen molar-refractivity contribution in [1.29, 1.82) is 0 Å². The number of benzene rings is 1. The Morgan fingerprint density at radius 3 is 2.60 bits per heavy atom. The number of likely N-dealkylation sites (tertiary alicyclic amines) is 1. The van der Waals surface area contributed by atoms with Gasteiger partial charge in [-0.2, -0.15) is 0 Å². The Labute approximate surface area is 114 Å². The van der Waals surface area contributed by atoms with Gasteiger partial charge in [0.25, 0.3) is 0 Å². The van der Waals surface area contributed by atoms with Crippen LogP contribution in [0.4, 0.5) is 9.18 Å². The van der Waals surface area contributed by atoms with Crippen molar-refractivity contribution < 1.29 is 28.9 Å². The number of hydrogen-bond donors (Lipinski definition) is 2. The van der Waals surface area contributed by atoms with Gasteiger partial charge in [-0.25, -0.2) is 14.0 Å². The van der Waals surface area contributed by atoms with Crippen molar-refractivity contribution >= 4 is 12.1 Å². The van der Waals surface area contributed by atoms with Gasteiger partial charge in [0.1, 0.15) is 12.7 Å². The first-order valence-corrected chi connectivity index (χ1v) is 6.03. The van der Waals surface area contributed by atoms with Crippen molar-refractivity contribution in [3.63, 3.8) is 0 Å². The number of alkyl halides is 1. The number of ether oxygens (including phenoxy) is 1. The van der Waals surface area contributed by atoms with E-state index < -0.39 is 36.9 Å². The molecule has 7 heteroatoms. The van der Waals surface area contributed by atoms with Gasteiger partial charge in [-0.15, -0.1) is 0 Å².